The molecule has 1 fully saturated rings. The van der Waals surface area contributed by atoms with Crippen molar-refractivity contribution in [1.29, 1.82) is 0 Å². The van der Waals surface area contributed by atoms with Gasteiger partial charge in [-0.1, -0.05) is 0 Å². The van der Waals surface area contributed by atoms with E-state index in [-0.39, 0.29) is 23.9 Å². The molecule has 0 radical (unpaired) electrons. The van der Waals surface area contributed by atoms with Crippen LogP contribution < -0.4 is 16.2 Å². The highest BCUT2D eigenvalue weighted by Crippen LogP contribution is 2.16. The van der Waals surface area contributed by atoms with Gasteiger partial charge in [0.05, 0.1) is 5.69 Å². The number of pyridine rings is 1. The molecule has 0 aliphatic carbocycles. The van der Waals surface area contributed by atoms with Crippen LogP contribution in [0.4, 0.5) is 5.69 Å². The third-order valence-corrected chi connectivity index (χ3v) is 3.54. The number of amides is 1. The van der Waals surface area contributed by atoms with Crippen molar-refractivity contribution < 1.29 is 4.79 Å². The Morgan fingerprint density at radius 1 is 1.40 bits per heavy atom. The molecule has 2 N–H and O–H groups in total. The Bertz CT molecular complexity index is 495. The topological polar surface area (TPSA) is 63.1 Å². The number of carbonyl (C=O) groups excluding carboxylic acids is 1. The SMILES string of the molecule is CCn1cc(NC(=O)CC2CCNCC2)ccc1=O.Cl. The Balaban J connectivity index is 0.00000200. The minimum Gasteiger partial charge on any atom is -0.325 e. The number of aryl methyl sites for hydroxylation is 1. The minimum absolute atomic E-state index is 0. The molecule has 0 atom stereocenters. The van der Waals surface area contributed by atoms with Gasteiger partial charge in [-0.3, -0.25) is 9.59 Å². The Hall–Kier alpha value is -1.33. The summed E-state index contributed by atoms with van der Waals surface area (Å²) in [5.41, 5.74) is 0.652. The molecule has 0 aromatic carbocycles. The van der Waals surface area contributed by atoms with Gasteiger partial charge in [0.25, 0.3) is 5.56 Å². The molecule has 2 heterocycles. The first-order valence-electron chi connectivity index (χ1n) is 6.90. The maximum atomic E-state index is 11.9. The molecule has 0 bridgehead atoms. The van der Waals surface area contributed by atoms with Gasteiger partial charge >= 0.3 is 0 Å². The van der Waals surface area contributed by atoms with Crippen LogP contribution in [-0.2, 0) is 11.3 Å². The Morgan fingerprint density at radius 3 is 2.75 bits per heavy atom. The van der Waals surface area contributed by atoms with Crippen molar-refractivity contribution in [2.24, 2.45) is 5.92 Å². The standard InChI is InChI=1S/C14H21N3O2.ClH/c1-2-17-10-12(3-4-14(17)19)16-13(18)9-11-5-7-15-8-6-11;/h3-4,10-11,15H,2,5-9H2,1H3,(H,16,18);1H. The van der Waals surface area contributed by atoms with E-state index in [1.807, 2.05) is 6.92 Å². The summed E-state index contributed by atoms with van der Waals surface area (Å²) in [4.78, 5) is 23.4. The van der Waals surface area contributed by atoms with Gasteiger partial charge in [-0.05, 0) is 44.8 Å². The Kier molecular flexibility index (Phi) is 6.75. The second-order valence-electron chi connectivity index (χ2n) is 4.99. The van der Waals surface area contributed by atoms with E-state index in [9.17, 15) is 9.59 Å². The maximum Gasteiger partial charge on any atom is 0.250 e. The van der Waals surface area contributed by atoms with Gasteiger partial charge in [0, 0.05) is 25.2 Å². The number of aromatic nitrogens is 1. The molecule has 1 aromatic rings. The summed E-state index contributed by atoms with van der Waals surface area (Å²) in [6.45, 7) is 4.51. The number of hydrogen-bond acceptors (Lipinski definition) is 3. The van der Waals surface area contributed by atoms with E-state index in [0.717, 1.165) is 25.9 Å². The van der Waals surface area contributed by atoms with E-state index in [1.165, 1.54) is 6.07 Å². The first-order valence-corrected chi connectivity index (χ1v) is 6.90. The van der Waals surface area contributed by atoms with Crippen LogP contribution in [-0.4, -0.2) is 23.6 Å². The van der Waals surface area contributed by atoms with Crippen molar-refractivity contribution in [2.45, 2.75) is 32.7 Å². The summed E-state index contributed by atoms with van der Waals surface area (Å²) in [5, 5.41) is 6.16. The normalized spacial score (nSPS) is 15.4. The van der Waals surface area contributed by atoms with Gasteiger partial charge in [-0.25, -0.2) is 0 Å². The quantitative estimate of drug-likeness (QED) is 0.888. The summed E-state index contributed by atoms with van der Waals surface area (Å²) >= 11 is 0. The van der Waals surface area contributed by atoms with Crippen LogP contribution in [0, 0.1) is 5.92 Å². The van der Waals surface area contributed by atoms with Gasteiger partial charge in [0.1, 0.15) is 0 Å². The monoisotopic (exact) mass is 299 g/mol. The average Bonchev–Trinajstić information content (AvgIpc) is 2.42. The fourth-order valence-electron chi connectivity index (χ4n) is 2.41. The Labute approximate surface area is 125 Å². The van der Waals surface area contributed by atoms with Crippen molar-refractivity contribution in [1.82, 2.24) is 9.88 Å². The van der Waals surface area contributed by atoms with Crippen LogP contribution >= 0.6 is 12.4 Å². The molecular weight excluding hydrogens is 278 g/mol. The second kappa shape index (κ2) is 8.07. The molecule has 0 unspecified atom stereocenters. The summed E-state index contributed by atoms with van der Waals surface area (Å²) < 4.78 is 1.58. The lowest BCUT2D eigenvalue weighted by atomic mass is 9.94. The van der Waals surface area contributed by atoms with E-state index >= 15 is 0 Å². The van der Waals surface area contributed by atoms with E-state index < -0.39 is 0 Å². The van der Waals surface area contributed by atoms with Crippen molar-refractivity contribution in [2.75, 3.05) is 18.4 Å². The largest absolute Gasteiger partial charge is 0.325 e. The zero-order valence-corrected chi connectivity index (χ0v) is 12.5. The molecule has 1 aliphatic heterocycles. The number of nitrogens with zero attached hydrogens (tertiary/aromatic N) is 1. The third kappa shape index (κ3) is 4.65. The van der Waals surface area contributed by atoms with Crippen LogP contribution in [0.1, 0.15) is 26.2 Å². The maximum absolute atomic E-state index is 11.9. The van der Waals surface area contributed by atoms with Gasteiger partial charge in [0.15, 0.2) is 0 Å². The molecular formula is C14H22ClN3O2. The first-order chi connectivity index (χ1) is 9.19. The molecule has 1 amide bonds. The van der Waals surface area contributed by atoms with Crippen molar-refractivity contribution in [3.63, 3.8) is 0 Å². The highest BCUT2D eigenvalue weighted by molar-refractivity contribution is 5.90. The van der Waals surface area contributed by atoms with Gasteiger partial charge in [-0.2, -0.15) is 0 Å². The van der Waals surface area contributed by atoms with Crippen LogP contribution in [0.2, 0.25) is 0 Å². The average molecular weight is 300 g/mol. The van der Waals surface area contributed by atoms with E-state index in [1.54, 1.807) is 16.8 Å². The lowest BCUT2D eigenvalue weighted by Gasteiger charge is -2.21. The number of piperidine rings is 1. The number of rotatable bonds is 4. The third-order valence-electron chi connectivity index (χ3n) is 3.54. The van der Waals surface area contributed by atoms with Crippen molar-refractivity contribution in [3.05, 3.63) is 28.7 Å². The predicted molar refractivity (Wildman–Crippen MR) is 82.5 cm³/mol. The molecule has 2 rings (SSSR count). The van der Waals surface area contributed by atoms with Crippen LogP contribution in [0.25, 0.3) is 0 Å². The molecule has 0 spiro atoms. The summed E-state index contributed by atoms with van der Waals surface area (Å²) in [6.07, 6.45) is 4.37. The predicted octanol–water partition coefficient (Wildman–Crippen LogP) is 1.62. The summed E-state index contributed by atoms with van der Waals surface area (Å²) in [5.74, 6) is 0.506. The van der Waals surface area contributed by atoms with Crippen LogP contribution in [0.15, 0.2) is 23.1 Å². The van der Waals surface area contributed by atoms with Gasteiger partial charge in [0.2, 0.25) is 5.91 Å². The molecule has 0 saturated carbocycles. The lowest BCUT2D eigenvalue weighted by Crippen LogP contribution is -2.30. The molecule has 1 aliphatic rings. The number of nitrogens with one attached hydrogen (secondary N) is 2. The summed E-state index contributed by atoms with van der Waals surface area (Å²) in [6, 6.07) is 3.15. The smallest absolute Gasteiger partial charge is 0.250 e. The molecule has 112 valence electrons. The van der Waals surface area contributed by atoms with E-state index in [2.05, 4.69) is 10.6 Å². The fraction of sp³-hybridized carbons (Fsp3) is 0.571. The van der Waals surface area contributed by atoms with Crippen LogP contribution in [0.5, 0.6) is 0 Å². The van der Waals surface area contributed by atoms with Crippen molar-refractivity contribution in [3.8, 4) is 0 Å². The van der Waals surface area contributed by atoms with E-state index in [4.69, 9.17) is 0 Å². The fourth-order valence-corrected chi connectivity index (χ4v) is 2.41. The molecule has 6 heteroatoms. The van der Waals surface area contributed by atoms with Crippen LogP contribution in [0.3, 0.4) is 0 Å². The number of anilines is 1. The number of carbonyl (C=O) groups is 1. The zero-order valence-electron chi connectivity index (χ0n) is 11.7. The Morgan fingerprint density at radius 2 is 2.10 bits per heavy atom. The first kappa shape index (κ1) is 16.7. The molecule has 1 saturated heterocycles. The summed E-state index contributed by atoms with van der Waals surface area (Å²) in [7, 11) is 0. The number of halogens is 1. The molecule has 1 aromatic heterocycles. The highest BCUT2D eigenvalue weighted by atomic mass is 35.5. The second-order valence-corrected chi connectivity index (χ2v) is 4.99. The number of hydrogen-bond donors (Lipinski definition) is 2. The zero-order chi connectivity index (χ0) is 13.7. The van der Waals surface area contributed by atoms with Gasteiger partial charge < -0.3 is 15.2 Å². The van der Waals surface area contributed by atoms with Gasteiger partial charge in [-0.15, -0.1) is 12.4 Å². The molecule has 5 nitrogen and oxygen atoms in total. The van der Waals surface area contributed by atoms with E-state index in [0.29, 0.717) is 24.6 Å². The lowest BCUT2D eigenvalue weighted by molar-refractivity contribution is -0.117. The molecule has 20 heavy (non-hydrogen) atoms. The van der Waals surface area contributed by atoms with Crippen molar-refractivity contribution >= 4 is 24.0 Å². The minimum atomic E-state index is -0.0427. The highest BCUT2D eigenvalue weighted by Gasteiger charge is 2.16.